The van der Waals surface area contributed by atoms with E-state index in [1.807, 2.05) is 7.05 Å². The van der Waals surface area contributed by atoms with Crippen molar-refractivity contribution in [3.05, 3.63) is 77.1 Å². The summed E-state index contributed by atoms with van der Waals surface area (Å²) in [7, 11) is 1.81. The van der Waals surface area contributed by atoms with Gasteiger partial charge in [0.1, 0.15) is 5.69 Å². The number of carbonyl (C=O) groups is 2. The van der Waals surface area contributed by atoms with Crippen LogP contribution in [0.2, 0.25) is 0 Å². The van der Waals surface area contributed by atoms with Crippen LogP contribution < -0.4 is 0 Å². The normalized spacial score (nSPS) is 17.0. The molecule has 3 aromatic rings. The molecule has 2 heterocycles. The second-order valence-electron chi connectivity index (χ2n) is 8.46. The fourth-order valence-electron chi connectivity index (χ4n) is 4.27. The van der Waals surface area contributed by atoms with E-state index in [0.717, 1.165) is 11.1 Å². The van der Waals surface area contributed by atoms with E-state index < -0.39 is 0 Å². The SMILES string of the molecule is Cc1cc(C)cc(-c2ccc(CC3CN(C(=O)c4ccn[nH]4)CCN(C)C3=O)cc2)c1. The van der Waals surface area contributed by atoms with Crippen molar-refractivity contribution in [1.82, 2.24) is 20.0 Å². The lowest BCUT2D eigenvalue weighted by Gasteiger charge is -2.23. The van der Waals surface area contributed by atoms with Crippen LogP contribution in [-0.4, -0.2) is 58.5 Å². The molecule has 1 fully saturated rings. The summed E-state index contributed by atoms with van der Waals surface area (Å²) in [6.07, 6.45) is 2.17. The average Bonchev–Trinajstić information content (AvgIpc) is 3.25. The van der Waals surface area contributed by atoms with Crippen molar-refractivity contribution in [1.29, 1.82) is 0 Å². The van der Waals surface area contributed by atoms with Crippen LogP contribution >= 0.6 is 0 Å². The van der Waals surface area contributed by atoms with Crippen molar-refractivity contribution in [2.75, 3.05) is 26.7 Å². The molecular weight excluding hydrogens is 388 g/mol. The molecule has 1 unspecified atom stereocenters. The number of hydrogen-bond acceptors (Lipinski definition) is 3. The quantitative estimate of drug-likeness (QED) is 0.708. The monoisotopic (exact) mass is 416 g/mol. The minimum Gasteiger partial charge on any atom is -0.344 e. The topological polar surface area (TPSA) is 69.3 Å². The molecule has 31 heavy (non-hydrogen) atoms. The van der Waals surface area contributed by atoms with Gasteiger partial charge in [0.25, 0.3) is 5.91 Å². The second kappa shape index (κ2) is 8.76. The number of carbonyl (C=O) groups excluding carboxylic acids is 2. The molecular formula is C25H28N4O2. The van der Waals surface area contributed by atoms with Gasteiger partial charge in [-0.1, -0.05) is 53.6 Å². The highest BCUT2D eigenvalue weighted by atomic mass is 16.2. The van der Waals surface area contributed by atoms with Gasteiger partial charge in [0.15, 0.2) is 0 Å². The number of amides is 2. The molecule has 6 nitrogen and oxygen atoms in total. The lowest BCUT2D eigenvalue weighted by Crippen LogP contribution is -2.37. The van der Waals surface area contributed by atoms with Crippen LogP contribution in [0.25, 0.3) is 11.1 Å². The predicted octanol–water partition coefficient (Wildman–Crippen LogP) is 3.47. The number of H-pyrrole nitrogens is 1. The van der Waals surface area contributed by atoms with Gasteiger partial charge >= 0.3 is 0 Å². The van der Waals surface area contributed by atoms with E-state index in [2.05, 4.69) is 66.5 Å². The fourth-order valence-corrected chi connectivity index (χ4v) is 4.27. The smallest absolute Gasteiger partial charge is 0.271 e. The third kappa shape index (κ3) is 4.68. The van der Waals surface area contributed by atoms with Gasteiger partial charge in [-0.05, 0) is 43.0 Å². The number of rotatable bonds is 4. The van der Waals surface area contributed by atoms with Crippen LogP contribution in [0.4, 0.5) is 0 Å². The minimum absolute atomic E-state index is 0.0818. The van der Waals surface area contributed by atoms with E-state index in [9.17, 15) is 9.59 Å². The molecule has 0 bridgehead atoms. The molecule has 1 N–H and O–H groups in total. The Bertz CT molecular complexity index is 1050. The summed E-state index contributed by atoms with van der Waals surface area (Å²) in [6.45, 7) is 5.66. The molecule has 6 heteroatoms. The summed E-state index contributed by atoms with van der Waals surface area (Å²) in [5.74, 6) is -0.305. The number of nitrogens with one attached hydrogen (secondary N) is 1. The maximum atomic E-state index is 12.9. The van der Waals surface area contributed by atoms with Crippen molar-refractivity contribution in [2.45, 2.75) is 20.3 Å². The average molecular weight is 417 g/mol. The Labute approximate surface area is 182 Å². The Hall–Kier alpha value is -3.41. The first kappa shape index (κ1) is 20.8. The Balaban J connectivity index is 1.52. The van der Waals surface area contributed by atoms with Crippen LogP contribution in [0.15, 0.2) is 54.7 Å². The van der Waals surface area contributed by atoms with E-state index in [-0.39, 0.29) is 17.7 Å². The summed E-state index contributed by atoms with van der Waals surface area (Å²) < 4.78 is 0. The molecule has 0 spiro atoms. The zero-order valence-electron chi connectivity index (χ0n) is 18.3. The first-order valence-electron chi connectivity index (χ1n) is 10.6. The number of likely N-dealkylation sites (N-methyl/N-ethyl adjacent to an activating group) is 1. The number of hydrogen-bond donors (Lipinski definition) is 1. The summed E-state index contributed by atoms with van der Waals surface area (Å²) in [5.41, 5.74) is 6.40. The third-order valence-corrected chi connectivity index (χ3v) is 5.88. The van der Waals surface area contributed by atoms with E-state index >= 15 is 0 Å². The van der Waals surface area contributed by atoms with Crippen LogP contribution in [0, 0.1) is 19.8 Å². The van der Waals surface area contributed by atoms with Gasteiger partial charge in [0, 0.05) is 32.9 Å². The molecule has 4 rings (SSSR count). The predicted molar refractivity (Wildman–Crippen MR) is 121 cm³/mol. The lowest BCUT2D eigenvalue weighted by atomic mass is 9.95. The third-order valence-electron chi connectivity index (χ3n) is 5.88. The number of aromatic nitrogens is 2. The van der Waals surface area contributed by atoms with Gasteiger partial charge in [-0.15, -0.1) is 0 Å². The summed E-state index contributed by atoms with van der Waals surface area (Å²) in [5, 5.41) is 6.60. The van der Waals surface area contributed by atoms with Crippen molar-refractivity contribution in [3.63, 3.8) is 0 Å². The lowest BCUT2D eigenvalue weighted by molar-refractivity contribution is -0.133. The van der Waals surface area contributed by atoms with Crippen LogP contribution in [0.1, 0.15) is 27.2 Å². The highest BCUT2D eigenvalue weighted by Gasteiger charge is 2.31. The second-order valence-corrected chi connectivity index (χ2v) is 8.46. The molecule has 0 radical (unpaired) electrons. The fraction of sp³-hybridized carbons (Fsp3) is 0.320. The molecule has 1 saturated heterocycles. The first-order valence-corrected chi connectivity index (χ1v) is 10.6. The molecule has 0 aliphatic carbocycles. The molecule has 1 aromatic heterocycles. The molecule has 0 saturated carbocycles. The van der Waals surface area contributed by atoms with Crippen molar-refractivity contribution >= 4 is 11.8 Å². The number of aromatic amines is 1. The Kier molecular flexibility index (Phi) is 5.89. The maximum absolute atomic E-state index is 12.9. The molecule has 160 valence electrons. The Morgan fingerprint density at radius 2 is 1.74 bits per heavy atom. The van der Waals surface area contributed by atoms with E-state index in [1.165, 1.54) is 16.7 Å². The van der Waals surface area contributed by atoms with Gasteiger partial charge in [0.05, 0.1) is 5.92 Å². The van der Waals surface area contributed by atoms with Crippen molar-refractivity contribution in [2.24, 2.45) is 5.92 Å². The van der Waals surface area contributed by atoms with Gasteiger partial charge in [-0.2, -0.15) is 5.10 Å². The highest BCUT2D eigenvalue weighted by molar-refractivity contribution is 5.93. The zero-order chi connectivity index (χ0) is 22.0. The number of nitrogens with zero attached hydrogens (tertiary/aromatic N) is 3. The van der Waals surface area contributed by atoms with Gasteiger partial charge in [-0.25, -0.2) is 0 Å². The number of aryl methyl sites for hydroxylation is 2. The summed E-state index contributed by atoms with van der Waals surface area (Å²) in [4.78, 5) is 29.2. The highest BCUT2D eigenvalue weighted by Crippen LogP contribution is 2.24. The standard InChI is InChI=1S/C25H28N4O2/c1-17-12-18(2)14-21(13-17)20-6-4-19(5-7-20)15-22-16-29(11-10-28(3)24(22)30)25(31)23-8-9-26-27-23/h4-9,12-14,22H,10-11,15-16H2,1-3H3,(H,26,27). The molecule has 1 aliphatic rings. The van der Waals surface area contributed by atoms with Gasteiger partial charge in [-0.3, -0.25) is 14.7 Å². The van der Waals surface area contributed by atoms with Crippen LogP contribution in [-0.2, 0) is 11.2 Å². The van der Waals surface area contributed by atoms with E-state index in [1.54, 1.807) is 22.1 Å². The van der Waals surface area contributed by atoms with Gasteiger partial charge in [0.2, 0.25) is 5.91 Å². The van der Waals surface area contributed by atoms with Crippen LogP contribution in [0.3, 0.4) is 0 Å². The Morgan fingerprint density at radius 1 is 1.03 bits per heavy atom. The maximum Gasteiger partial charge on any atom is 0.271 e. The molecule has 1 atom stereocenters. The summed E-state index contributed by atoms with van der Waals surface area (Å²) in [6, 6.07) is 16.6. The largest absolute Gasteiger partial charge is 0.344 e. The van der Waals surface area contributed by atoms with Crippen LogP contribution in [0.5, 0.6) is 0 Å². The molecule has 1 aliphatic heterocycles. The van der Waals surface area contributed by atoms with Gasteiger partial charge < -0.3 is 9.80 Å². The van der Waals surface area contributed by atoms with E-state index in [4.69, 9.17) is 0 Å². The van der Waals surface area contributed by atoms with Crippen molar-refractivity contribution in [3.8, 4) is 11.1 Å². The minimum atomic E-state index is -0.272. The molecule has 2 aromatic carbocycles. The van der Waals surface area contributed by atoms with E-state index in [0.29, 0.717) is 31.7 Å². The zero-order valence-corrected chi connectivity index (χ0v) is 18.3. The Morgan fingerprint density at radius 3 is 2.39 bits per heavy atom. The number of benzene rings is 2. The van der Waals surface area contributed by atoms with Crippen molar-refractivity contribution < 1.29 is 9.59 Å². The molecule has 2 amide bonds. The first-order chi connectivity index (χ1) is 14.9. The summed E-state index contributed by atoms with van der Waals surface area (Å²) >= 11 is 0.